The van der Waals surface area contributed by atoms with E-state index < -0.39 is 0 Å². The molecular weight excluding hydrogens is 826 g/mol. The van der Waals surface area contributed by atoms with E-state index in [1.165, 1.54) is 16.7 Å². The number of hydrogen-bond acceptors (Lipinski definition) is 6. The number of nitroso groups, excluding NO2 is 1. The second-order valence-corrected chi connectivity index (χ2v) is 16.4. The summed E-state index contributed by atoms with van der Waals surface area (Å²) in [5.74, 6) is 1.66. The number of anilines is 2. The van der Waals surface area contributed by atoms with Crippen LogP contribution in [0.4, 0.5) is 17.1 Å². The Bertz CT molecular complexity index is 2290. The minimum Gasteiger partial charge on any atom is -0.509 e. The molecule has 0 N–H and O–H groups in total. The first-order valence-corrected chi connectivity index (χ1v) is 17.4. The van der Waals surface area contributed by atoms with Crippen molar-refractivity contribution in [2.45, 2.75) is 78.6 Å². The number of benzene rings is 4. The van der Waals surface area contributed by atoms with Crippen molar-refractivity contribution in [2.24, 2.45) is 5.18 Å². The summed E-state index contributed by atoms with van der Waals surface area (Å²) in [7, 11) is 0. The Hall–Kier alpha value is -4.74. The number of ether oxygens (including phenoxy) is 1. The fourth-order valence-corrected chi connectivity index (χ4v) is 6.33. The predicted molar refractivity (Wildman–Crippen MR) is 209 cm³/mol. The van der Waals surface area contributed by atoms with E-state index in [9.17, 15) is 4.91 Å². The quantitative estimate of drug-likeness (QED) is 0.123. The summed E-state index contributed by atoms with van der Waals surface area (Å²) in [6, 6.07) is 33.4. The first-order valence-electron chi connectivity index (χ1n) is 17.4. The Morgan fingerprint density at radius 1 is 0.692 bits per heavy atom. The molecule has 0 bridgehead atoms. The molecule has 0 amide bonds. The van der Waals surface area contributed by atoms with Crippen molar-refractivity contribution in [2.75, 3.05) is 9.80 Å². The molecule has 0 saturated heterocycles. The number of fused-ring (bicyclic) bond motifs is 3. The Labute approximate surface area is 321 Å². The maximum absolute atomic E-state index is 11.9. The van der Waals surface area contributed by atoms with Gasteiger partial charge in [0.2, 0.25) is 0 Å². The summed E-state index contributed by atoms with van der Waals surface area (Å²) in [6.45, 7) is 22.0. The molecule has 0 fully saturated rings. The molecule has 3 heterocycles. The van der Waals surface area contributed by atoms with Crippen molar-refractivity contribution in [3.05, 3.63) is 138 Å². The molecule has 1 aliphatic rings. The Morgan fingerprint density at radius 2 is 1.37 bits per heavy atom. The Morgan fingerprint density at radius 3 is 2.04 bits per heavy atom. The van der Waals surface area contributed by atoms with Crippen LogP contribution in [0.3, 0.4) is 0 Å². The smallest absolute Gasteiger partial charge is 0.135 e. The molecule has 52 heavy (non-hydrogen) atoms. The molecule has 270 valence electrons. The van der Waals surface area contributed by atoms with Gasteiger partial charge in [0, 0.05) is 55.7 Å². The second kappa shape index (κ2) is 13.7. The zero-order valence-corrected chi connectivity index (χ0v) is 33.5. The number of rotatable bonds is 6. The van der Waals surface area contributed by atoms with Gasteiger partial charge >= 0.3 is 0 Å². The number of nitrogens with zero attached hydrogens (tertiary/aromatic N) is 5. The van der Waals surface area contributed by atoms with Crippen LogP contribution in [0.15, 0.2) is 103 Å². The van der Waals surface area contributed by atoms with Gasteiger partial charge < -0.3 is 19.1 Å². The summed E-state index contributed by atoms with van der Waals surface area (Å²) < 4.78 is 8.52. The standard InChI is InChI=1S/C44H44N5O2.Pt/c1-42(2,3)29-16-17-45-41(23-29)49-39-13-11-10-12-37(39)38-15-14-35(27-40(38)49)51-36-25-32(46-50)24-34(26-36)48-19-18-47(28-48)33-21-30(43(4,5)6)20-31(22-33)44(7,8)9;/h10-25,28H,1-9H3;/q-3;. The van der Waals surface area contributed by atoms with Crippen LogP contribution in [0.2, 0.25) is 0 Å². The molecule has 0 aliphatic carbocycles. The van der Waals surface area contributed by atoms with Gasteiger partial charge in [-0.2, -0.15) is 6.07 Å². The summed E-state index contributed by atoms with van der Waals surface area (Å²) >= 11 is 0. The van der Waals surface area contributed by atoms with Crippen molar-refractivity contribution in [3.63, 3.8) is 0 Å². The number of hydrogen-bond donors (Lipinski definition) is 0. The molecule has 8 heteroatoms. The van der Waals surface area contributed by atoms with Gasteiger partial charge in [0.15, 0.2) is 0 Å². The van der Waals surface area contributed by atoms with Crippen molar-refractivity contribution >= 4 is 38.9 Å². The van der Waals surface area contributed by atoms with Crippen molar-refractivity contribution < 1.29 is 25.8 Å². The van der Waals surface area contributed by atoms with Crippen molar-refractivity contribution in [3.8, 4) is 17.3 Å². The van der Waals surface area contributed by atoms with Crippen LogP contribution in [-0.2, 0) is 37.3 Å². The van der Waals surface area contributed by atoms with E-state index in [4.69, 9.17) is 9.72 Å². The van der Waals surface area contributed by atoms with Crippen LogP contribution in [-0.4, -0.2) is 9.55 Å². The minimum atomic E-state index is -0.0373. The molecular formula is C44H44N5O2Pt-3. The minimum absolute atomic E-state index is 0. The number of aromatic nitrogens is 2. The van der Waals surface area contributed by atoms with E-state index in [2.05, 4.69) is 132 Å². The SMILES string of the molecule is CC(C)(C)c1cc(N2C=CN(c3[c-]c(Oc4[c-]c5c(cc4)c4ccccc4n5-c4cc(C(C)(C)C)ccn4)cc(N=O)c3)[CH-]2)cc(C(C)(C)C)c1.[Pt]. The van der Waals surface area contributed by atoms with Gasteiger partial charge in [0.25, 0.3) is 0 Å². The maximum Gasteiger partial charge on any atom is 0.135 e. The molecule has 0 radical (unpaired) electrons. The molecule has 6 aromatic rings. The van der Waals surface area contributed by atoms with Crippen molar-refractivity contribution in [1.29, 1.82) is 0 Å². The zero-order chi connectivity index (χ0) is 36.3. The van der Waals surface area contributed by atoms with Gasteiger partial charge in [0.1, 0.15) is 5.82 Å². The van der Waals surface area contributed by atoms with Gasteiger partial charge in [-0.25, -0.2) is 4.98 Å². The molecule has 1 aliphatic heterocycles. The van der Waals surface area contributed by atoms with Crippen LogP contribution in [0.5, 0.6) is 11.5 Å². The summed E-state index contributed by atoms with van der Waals surface area (Å²) in [4.78, 5) is 20.7. The van der Waals surface area contributed by atoms with E-state index in [1.54, 1.807) is 12.1 Å². The van der Waals surface area contributed by atoms with E-state index >= 15 is 0 Å². The molecule has 0 spiro atoms. The van der Waals surface area contributed by atoms with E-state index in [0.29, 0.717) is 17.2 Å². The van der Waals surface area contributed by atoms with Crippen LogP contribution >= 0.6 is 0 Å². The Kier molecular flexibility index (Phi) is 9.73. The zero-order valence-electron chi connectivity index (χ0n) is 31.2. The van der Waals surface area contributed by atoms with Gasteiger partial charge in [-0.05, 0) is 81.1 Å². The van der Waals surface area contributed by atoms with Gasteiger partial charge in [0.05, 0.1) is 0 Å². The second-order valence-electron chi connectivity index (χ2n) is 16.4. The number of para-hydroxylation sites is 1. The average Bonchev–Trinajstić information content (AvgIpc) is 3.70. The summed E-state index contributed by atoms with van der Waals surface area (Å²) in [6.07, 6.45) is 5.81. The molecule has 0 saturated carbocycles. The molecule has 7 nitrogen and oxygen atoms in total. The third kappa shape index (κ3) is 7.29. The number of pyridine rings is 1. The fraction of sp³-hybridized carbons (Fsp3) is 0.273. The summed E-state index contributed by atoms with van der Waals surface area (Å²) in [5, 5.41) is 5.41. The van der Waals surface area contributed by atoms with Crippen LogP contribution in [0, 0.1) is 23.7 Å². The first kappa shape index (κ1) is 37.0. The monoisotopic (exact) mass is 869 g/mol. The van der Waals surface area contributed by atoms with E-state index in [0.717, 1.165) is 33.3 Å². The van der Waals surface area contributed by atoms with E-state index in [-0.39, 0.29) is 43.0 Å². The molecule has 2 aromatic heterocycles. The Balaban J connectivity index is 0.00000464. The average molecular weight is 870 g/mol. The molecule has 0 atom stereocenters. The maximum atomic E-state index is 11.9. The molecule has 4 aromatic carbocycles. The van der Waals surface area contributed by atoms with Crippen LogP contribution in [0.25, 0.3) is 27.6 Å². The predicted octanol–water partition coefficient (Wildman–Crippen LogP) is 11.8. The van der Waals surface area contributed by atoms with Gasteiger partial charge in [-0.15, -0.1) is 41.2 Å². The molecule has 0 unspecified atom stereocenters. The van der Waals surface area contributed by atoms with E-state index in [1.807, 2.05) is 54.4 Å². The van der Waals surface area contributed by atoms with Crippen LogP contribution in [0.1, 0.15) is 79.0 Å². The van der Waals surface area contributed by atoms with Crippen LogP contribution < -0.4 is 14.5 Å². The topological polar surface area (TPSA) is 63.0 Å². The van der Waals surface area contributed by atoms with Crippen molar-refractivity contribution in [1.82, 2.24) is 9.55 Å². The first-order chi connectivity index (χ1) is 24.1. The normalized spacial score (nSPS) is 13.6. The van der Waals surface area contributed by atoms with Gasteiger partial charge in [-0.3, -0.25) is 0 Å². The molecule has 7 rings (SSSR count). The fourth-order valence-electron chi connectivity index (χ4n) is 6.33. The largest absolute Gasteiger partial charge is 0.509 e. The van der Waals surface area contributed by atoms with Gasteiger partial charge in [-0.1, -0.05) is 109 Å². The third-order valence-corrected chi connectivity index (χ3v) is 9.40. The summed E-state index contributed by atoms with van der Waals surface area (Å²) in [5.41, 5.74) is 7.47. The third-order valence-electron chi connectivity index (χ3n) is 9.40.